The molecule has 0 radical (unpaired) electrons. The van der Waals surface area contributed by atoms with Crippen molar-refractivity contribution in [1.82, 2.24) is 25.2 Å². The highest BCUT2D eigenvalue weighted by molar-refractivity contribution is 7.98. The topological polar surface area (TPSA) is 65.7 Å². The molecule has 1 fully saturated rings. The van der Waals surface area contributed by atoms with Gasteiger partial charge in [0.2, 0.25) is 5.16 Å². The Labute approximate surface area is 144 Å². The Morgan fingerprint density at radius 3 is 2.96 bits per heavy atom. The van der Waals surface area contributed by atoms with Gasteiger partial charge in [-0.2, -0.15) is 0 Å². The molecule has 1 saturated heterocycles. The minimum absolute atomic E-state index is 0.340. The number of thioether (sulfide) groups is 1. The maximum Gasteiger partial charge on any atom is 0.209 e. The van der Waals surface area contributed by atoms with Gasteiger partial charge < -0.3 is 4.74 Å². The number of aryl methyl sites for hydroxylation is 1. The molecule has 1 aliphatic rings. The van der Waals surface area contributed by atoms with Crippen LogP contribution in [0.5, 0.6) is 0 Å². The van der Waals surface area contributed by atoms with Crippen LogP contribution >= 0.6 is 11.8 Å². The molecule has 1 aliphatic heterocycles. The second-order valence-corrected chi connectivity index (χ2v) is 6.92. The van der Waals surface area contributed by atoms with Gasteiger partial charge in [-0.1, -0.05) is 30.0 Å². The van der Waals surface area contributed by atoms with E-state index in [0.29, 0.717) is 6.04 Å². The highest BCUT2D eigenvalue weighted by Crippen LogP contribution is 2.29. The molecule has 2 aromatic heterocycles. The van der Waals surface area contributed by atoms with Crippen molar-refractivity contribution < 1.29 is 4.74 Å². The van der Waals surface area contributed by atoms with Crippen LogP contribution in [0.4, 0.5) is 0 Å². The number of rotatable bonds is 4. The molecule has 0 bridgehead atoms. The van der Waals surface area contributed by atoms with Crippen LogP contribution in [0.3, 0.4) is 0 Å². The first-order valence-corrected chi connectivity index (χ1v) is 9.13. The van der Waals surface area contributed by atoms with Gasteiger partial charge in [0.05, 0.1) is 11.6 Å². The normalized spacial score (nSPS) is 15.9. The van der Waals surface area contributed by atoms with Gasteiger partial charge in [0.25, 0.3) is 0 Å². The van der Waals surface area contributed by atoms with Gasteiger partial charge in [-0.15, -0.1) is 5.10 Å². The molecule has 7 heteroatoms. The average Bonchev–Trinajstić information content (AvgIpc) is 3.09. The summed E-state index contributed by atoms with van der Waals surface area (Å²) in [5.41, 5.74) is 3.34. The molecule has 1 aromatic carbocycles. The molecule has 0 aliphatic carbocycles. The molecular formula is C17H19N5OS. The van der Waals surface area contributed by atoms with Crippen LogP contribution in [0.15, 0.2) is 35.5 Å². The Bertz CT molecular complexity index is 844. The second-order valence-electron chi connectivity index (χ2n) is 5.98. The first kappa shape index (κ1) is 15.5. The smallest absolute Gasteiger partial charge is 0.209 e. The van der Waals surface area contributed by atoms with E-state index < -0.39 is 0 Å². The number of para-hydroxylation sites is 1. The summed E-state index contributed by atoms with van der Waals surface area (Å²) in [7, 11) is 0. The summed E-state index contributed by atoms with van der Waals surface area (Å²) in [4.78, 5) is 4.60. The maximum absolute atomic E-state index is 5.43. The van der Waals surface area contributed by atoms with Crippen molar-refractivity contribution in [2.75, 3.05) is 13.2 Å². The fraction of sp³-hybridized carbons (Fsp3) is 0.412. The van der Waals surface area contributed by atoms with Gasteiger partial charge in [0.15, 0.2) is 0 Å². The quantitative estimate of drug-likeness (QED) is 0.679. The standard InChI is InChI=1S/C17H19N5OS/c1-12-10-13(15-4-2-3-5-16(15)18-12)11-24-17-19-20-21-22(17)14-6-8-23-9-7-14/h2-5,10,14H,6-9,11H2,1H3. The number of hydrogen-bond donors (Lipinski definition) is 0. The summed E-state index contributed by atoms with van der Waals surface area (Å²) in [5.74, 6) is 0.827. The Morgan fingerprint density at radius 1 is 1.25 bits per heavy atom. The summed E-state index contributed by atoms with van der Waals surface area (Å²) in [5, 5.41) is 14.4. The van der Waals surface area contributed by atoms with E-state index in [1.54, 1.807) is 11.8 Å². The Morgan fingerprint density at radius 2 is 2.08 bits per heavy atom. The van der Waals surface area contributed by atoms with Gasteiger partial charge in [0.1, 0.15) is 0 Å². The van der Waals surface area contributed by atoms with E-state index >= 15 is 0 Å². The van der Waals surface area contributed by atoms with E-state index in [0.717, 1.165) is 48.2 Å². The Kier molecular flexibility index (Phi) is 4.44. The fourth-order valence-corrected chi connectivity index (χ4v) is 4.03. The summed E-state index contributed by atoms with van der Waals surface area (Å²) >= 11 is 1.68. The number of benzene rings is 1. The van der Waals surface area contributed by atoms with Crippen molar-refractivity contribution in [3.05, 3.63) is 41.6 Å². The third-order valence-electron chi connectivity index (χ3n) is 4.29. The van der Waals surface area contributed by atoms with Crippen molar-refractivity contribution in [3.63, 3.8) is 0 Å². The van der Waals surface area contributed by atoms with Crippen molar-refractivity contribution in [3.8, 4) is 0 Å². The van der Waals surface area contributed by atoms with Crippen LogP contribution in [0.25, 0.3) is 10.9 Å². The molecule has 3 heterocycles. The zero-order valence-corrected chi connectivity index (χ0v) is 14.4. The van der Waals surface area contributed by atoms with E-state index in [1.807, 2.05) is 17.7 Å². The minimum atomic E-state index is 0.340. The van der Waals surface area contributed by atoms with E-state index in [4.69, 9.17) is 4.74 Å². The lowest BCUT2D eigenvalue weighted by molar-refractivity contribution is 0.0631. The van der Waals surface area contributed by atoms with Gasteiger partial charge in [-0.3, -0.25) is 4.98 Å². The van der Waals surface area contributed by atoms with E-state index in [1.165, 1.54) is 10.9 Å². The van der Waals surface area contributed by atoms with Crippen molar-refractivity contribution in [2.24, 2.45) is 0 Å². The maximum atomic E-state index is 5.43. The number of aromatic nitrogens is 5. The number of pyridine rings is 1. The molecule has 24 heavy (non-hydrogen) atoms. The largest absolute Gasteiger partial charge is 0.381 e. The lowest BCUT2D eigenvalue weighted by atomic mass is 10.1. The first-order chi connectivity index (χ1) is 11.8. The molecule has 3 aromatic rings. The highest BCUT2D eigenvalue weighted by Gasteiger charge is 2.20. The van der Waals surface area contributed by atoms with Crippen molar-refractivity contribution in [2.45, 2.75) is 36.7 Å². The van der Waals surface area contributed by atoms with Crippen LogP contribution < -0.4 is 0 Å². The van der Waals surface area contributed by atoms with Gasteiger partial charge in [-0.05, 0) is 47.9 Å². The molecule has 124 valence electrons. The third kappa shape index (κ3) is 3.14. The Hall–Kier alpha value is -1.99. The SMILES string of the molecule is Cc1cc(CSc2nnnn2C2CCOCC2)c2ccccc2n1. The van der Waals surface area contributed by atoms with Crippen molar-refractivity contribution >= 4 is 22.7 Å². The number of fused-ring (bicyclic) bond motifs is 1. The highest BCUT2D eigenvalue weighted by atomic mass is 32.2. The van der Waals surface area contributed by atoms with Crippen LogP contribution in [0, 0.1) is 6.92 Å². The van der Waals surface area contributed by atoms with E-state index in [9.17, 15) is 0 Å². The molecule has 0 saturated carbocycles. The summed E-state index contributed by atoms with van der Waals surface area (Å²) in [6, 6.07) is 10.8. The van der Waals surface area contributed by atoms with Crippen molar-refractivity contribution in [1.29, 1.82) is 0 Å². The summed E-state index contributed by atoms with van der Waals surface area (Å²) in [6.45, 7) is 3.60. The van der Waals surface area contributed by atoms with Gasteiger partial charge >= 0.3 is 0 Å². The molecule has 6 nitrogen and oxygen atoms in total. The zero-order valence-electron chi connectivity index (χ0n) is 13.6. The third-order valence-corrected chi connectivity index (χ3v) is 5.27. The summed E-state index contributed by atoms with van der Waals surface area (Å²) in [6.07, 6.45) is 1.94. The molecule has 4 rings (SSSR count). The predicted octanol–water partition coefficient (Wildman–Crippen LogP) is 3.17. The number of ether oxygens (including phenoxy) is 1. The predicted molar refractivity (Wildman–Crippen MR) is 92.9 cm³/mol. The van der Waals surface area contributed by atoms with Crippen LogP contribution in [-0.4, -0.2) is 38.4 Å². The molecule has 0 N–H and O–H groups in total. The number of hydrogen-bond acceptors (Lipinski definition) is 6. The zero-order chi connectivity index (χ0) is 16.4. The lowest BCUT2D eigenvalue weighted by Crippen LogP contribution is -2.21. The molecular weight excluding hydrogens is 322 g/mol. The lowest BCUT2D eigenvalue weighted by Gasteiger charge is -2.22. The van der Waals surface area contributed by atoms with Crippen LogP contribution in [0.1, 0.15) is 30.1 Å². The minimum Gasteiger partial charge on any atom is -0.381 e. The molecule has 0 spiro atoms. The molecule has 0 atom stereocenters. The monoisotopic (exact) mass is 341 g/mol. The molecule has 0 unspecified atom stereocenters. The summed E-state index contributed by atoms with van der Waals surface area (Å²) < 4.78 is 7.39. The van der Waals surface area contributed by atoms with Gasteiger partial charge in [0, 0.05) is 30.0 Å². The van der Waals surface area contributed by atoms with E-state index in [-0.39, 0.29) is 0 Å². The number of nitrogens with zero attached hydrogens (tertiary/aromatic N) is 5. The van der Waals surface area contributed by atoms with Gasteiger partial charge in [-0.25, -0.2) is 4.68 Å². The second kappa shape index (κ2) is 6.86. The fourth-order valence-electron chi connectivity index (χ4n) is 3.10. The van der Waals surface area contributed by atoms with E-state index in [2.05, 4.69) is 44.8 Å². The Balaban J connectivity index is 1.57. The van der Waals surface area contributed by atoms with Crippen LogP contribution in [-0.2, 0) is 10.5 Å². The first-order valence-electron chi connectivity index (χ1n) is 8.15. The molecule has 0 amide bonds. The number of tetrazole rings is 1. The average molecular weight is 341 g/mol. The van der Waals surface area contributed by atoms with Crippen LogP contribution in [0.2, 0.25) is 0 Å².